The van der Waals surface area contributed by atoms with Crippen LogP contribution in [0, 0.1) is 6.92 Å². The predicted octanol–water partition coefficient (Wildman–Crippen LogP) is 4.42. The van der Waals surface area contributed by atoms with Crippen LogP contribution in [0.4, 0.5) is 0 Å². The van der Waals surface area contributed by atoms with Crippen LogP contribution in [0.5, 0.6) is 0 Å². The van der Waals surface area contributed by atoms with Gasteiger partial charge in [-0.05, 0) is 36.2 Å². The van der Waals surface area contributed by atoms with Gasteiger partial charge in [-0.3, -0.25) is 0 Å². The zero-order valence-corrected chi connectivity index (χ0v) is 11.1. The lowest BCUT2D eigenvalue weighted by Crippen LogP contribution is -2.02. The maximum atomic E-state index is 12.0. The fraction of sp³-hybridized carbons (Fsp3) is 0.0625. The standard InChI is InChI=1S/C16H11ClO2/c1-10-6-7-11(9-14(10)17)13-8-12-4-2-3-5-15(12)19-16(13)18/h2-9H,1H3. The summed E-state index contributed by atoms with van der Waals surface area (Å²) in [4.78, 5) is 12.0. The first-order valence-corrected chi connectivity index (χ1v) is 6.32. The largest absolute Gasteiger partial charge is 0.422 e. The van der Waals surface area contributed by atoms with E-state index in [9.17, 15) is 4.79 Å². The molecule has 1 heterocycles. The quantitative estimate of drug-likeness (QED) is 0.613. The Balaban J connectivity index is 2.27. The molecule has 0 aliphatic heterocycles. The van der Waals surface area contributed by atoms with Gasteiger partial charge in [-0.1, -0.05) is 41.9 Å². The van der Waals surface area contributed by atoms with E-state index in [0.717, 1.165) is 16.5 Å². The molecule has 3 rings (SSSR count). The summed E-state index contributed by atoms with van der Waals surface area (Å²) in [5.41, 5.74) is 2.53. The second-order valence-corrected chi connectivity index (χ2v) is 4.86. The van der Waals surface area contributed by atoms with E-state index in [1.54, 1.807) is 12.1 Å². The molecule has 0 unspecified atom stereocenters. The Hall–Kier alpha value is -2.06. The van der Waals surface area contributed by atoms with Crippen molar-refractivity contribution in [2.24, 2.45) is 0 Å². The first-order valence-electron chi connectivity index (χ1n) is 5.94. The molecule has 0 atom stereocenters. The van der Waals surface area contributed by atoms with Crippen LogP contribution in [0.25, 0.3) is 22.1 Å². The van der Waals surface area contributed by atoms with E-state index in [0.29, 0.717) is 16.2 Å². The molecule has 0 amide bonds. The number of benzene rings is 2. The molecule has 0 aliphatic carbocycles. The summed E-state index contributed by atoms with van der Waals surface area (Å²) in [6, 6.07) is 14.8. The van der Waals surface area contributed by atoms with Gasteiger partial charge < -0.3 is 4.42 Å². The first-order chi connectivity index (χ1) is 9.15. The lowest BCUT2D eigenvalue weighted by Gasteiger charge is -2.04. The first kappa shape index (κ1) is 12.0. The Morgan fingerprint density at radius 2 is 1.84 bits per heavy atom. The molecular formula is C16H11ClO2. The molecule has 3 aromatic rings. The van der Waals surface area contributed by atoms with Crippen LogP contribution in [0.15, 0.2) is 57.7 Å². The zero-order chi connectivity index (χ0) is 13.4. The molecule has 0 saturated carbocycles. The summed E-state index contributed by atoms with van der Waals surface area (Å²) in [6.07, 6.45) is 0. The van der Waals surface area contributed by atoms with Crippen molar-refractivity contribution < 1.29 is 4.42 Å². The second kappa shape index (κ2) is 4.56. The Morgan fingerprint density at radius 3 is 2.63 bits per heavy atom. The van der Waals surface area contributed by atoms with E-state index in [1.807, 2.05) is 43.3 Å². The van der Waals surface area contributed by atoms with Crippen LogP contribution >= 0.6 is 11.6 Å². The summed E-state index contributed by atoms with van der Waals surface area (Å²) in [5, 5.41) is 1.54. The Labute approximate surface area is 115 Å². The third kappa shape index (κ3) is 2.15. The number of hydrogen-bond donors (Lipinski definition) is 0. The third-order valence-corrected chi connectivity index (χ3v) is 3.53. The highest BCUT2D eigenvalue weighted by Gasteiger charge is 2.08. The molecule has 3 heteroatoms. The Bertz CT molecular complexity index is 818. The topological polar surface area (TPSA) is 30.2 Å². The van der Waals surface area contributed by atoms with Crippen LogP contribution in [0.2, 0.25) is 5.02 Å². The van der Waals surface area contributed by atoms with E-state index in [2.05, 4.69) is 0 Å². The SMILES string of the molecule is Cc1ccc(-c2cc3ccccc3oc2=O)cc1Cl. The fourth-order valence-electron chi connectivity index (χ4n) is 2.02. The number of rotatable bonds is 1. The van der Waals surface area contributed by atoms with Crippen molar-refractivity contribution in [1.82, 2.24) is 0 Å². The Morgan fingerprint density at radius 1 is 1.05 bits per heavy atom. The number of fused-ring (bicyclic) bond motifs is 1. The van der Waals surface area contributed by atoms with Gasteiger partial charge in [0.05, 0.1) is 5.56 Å². The van der Waals surface area contributed by atoms with Gasteiger partial charge in [0.1, 0.15) is 5.58 Å². The second-order valence-electron chi connectivity index (χ2n) is 4.45. The lowest BCUT2D eigenvalue weighted by molar-refractivity contribution is 0.563. The highest BCUT2D eigenvalue weighted by Crippen LogP contribution is 2.25. The summed E-state index contributed by atoms with van der Waals surface area (Å²) in [6.45, 7) is 1.93. The van der Waals surface area contributed by atoms with Crippen LogP contribution in [0.3, 0.4) is 0 Å². The third-order valence-electron chi connectivity index (χ3n) is 3.12. The minimum Gasteiger partial charge on any atom is -0.422 e. The van der Waals surface area contributed by atoms with Crippen LogP contribution in [-0.2, 0) is 0 Å². The molecule has 2 nitrogen and oxygen atoms in total. The van der Waals surface area contributed by atoms with Crippen LogP contribution < -0.4 is 5.63 Å². The molecule has 0 aliphatic rings. The van der Waals surface area contributed by atoms with Gasteiger partial charge in [-0.25, -0.2) is 4.79 Å². The average molecular weight is 271 g/mol. The highest BCUT2D eigenvalue weighted by atomic mass is 35.5. The molecule has 0 fully saturated rings. The molecule has 94 valence electrons. The van der Waals surface area contributed by atoms with Crippen molar-refractivity contribution in [3.8, 4) is 11.1 Å². The van der Waals surface area contributed by atoms with Gasteiger partial charge in [-0.2, -0.15) is 0 Å². The van der Waals surface area contributed by atoms with Gasteiger partial charge in [0.2, 0.25) is 0 Å². The van der Waals surface area contributed by atoms with E-state index >= 15 is 0 Å². The Kier molecular flexibility index (Phi) is 2.88. The zero-order valence-electron chi connectivity index (χ0n) is 10.3. The van der Waals surface area contributed by atoms with Crippen LogP contribution in [0.1, 0.15) is 5.56 Å². The molecule has 0 radical (unpaired) electrons. The molecule has 19 heavy (non-hydrogen) atoms. The predicted molar refractivity (Wildman–Crippen MR) is 77.7 cm³/mol. The van der Waals surface area contributed by atoms with Gasteiger partial charge >= 0.3 is 5.63 Å². The maximum Gasteiger partial charge on any atom is 0.344 e. The average Bonchev–Trinajstić information content (AvgIpc) is 2.41. The number of hydrogen-bond acceptors (Lipinski definition) is 2. The summed E-state index contributed by atoms with van der Waals surface area (Å²) in [5.74, 6) is 0. The van der Waals surface area contributed by atoms with Crippen molar-refractivity contribution in [2.75, 3.05) is 0 Å². The van der Waals surface area contributed by atoms with Crippen LogP contribution in [-0.4, -0.2) is 0 Å². The minimum atomic E-state index is -0.349. The summed E-state index contributed by atoms with van der Waals surface area (Å²) < 4.78 is 5.32. The van der Waals surface area contributed by atoms with Gasteiger partial charge in [0, 0.05) is 10.4 Å². The smallest absolute Gasteiger partial charge is 0.344 e. The normalized spacial score (nSPS) is 10.8. The molecule has 1 aromatic heterocycles. The minimum absolute atomic E-state index is 0.349. The maximum absolute atomic E-state index is 12.0. The molecular weight excluding hydrogens is 260 g/mol. The molecule has 0 saturated heterocycles. The number of aryl methyl sites for hydroxylation is 1. The van der Waals surface area contributed by atoms with Crippen molar-refractivity contribution in [3.63, 3.8) is 0 Å². The molecule has 0 bridgehead atoms. The van der Waals surface area contributed by atoms with Crippen molar-refractivity contribution >= 4 is 22.6 Å². The fourth-order valence-corrected chi connectivity index (χ4v) is 2.20. The number of halogens is 1. The molecule has 2 aromatic carbocycles. The van der Waals surface area contributed by atoms with E-state index in [1.165, 1.54) is 0 Å². The summed E-state index contributed by atoms with van der Waals surface area (Å²) in [7, 11) is 0. The van der Waals surface area contributed by atoms with E-state index in [-0.39, 0.29) is 5.63 Å². The lowest BCUT2D eigenvalue weighted by atomic mass is 10.0. The number of para-hydroxylation sites is 1. The van der Waals surface area contributed by atoms with E-state index in [4.69, 9.17) is 16.0 Å². The summed E-state index contributed by atoms with van der Waals surface area (Å²) >= 11 is 6.10. The van der Waals surface area contributed by atoms with E-state index < -0.39 is 0 Å². The van der Waals surface area contributed by atoms with Crippen molar-refractivity contribution in [1.29, 1.82) is 0 Å². The van der Waals surface area contributed by atoms with Gasteiger partial charge in [-0.15, -0.1) is 0 Å². The molecule has 0 spiro atoms. The van der Waals surface area contributed by atoms with Gasteiger partial charge in [0.15, 0.2) is 0 Å². The van der Waals surface area contributed by atoms with Crippen molar-refractivity contribution in [3.05, 3.63) is 69.5 Å². The highest BCUT2D eigenvalue weighted by molar-refractivity contribution is 6.31. The molecule has 0 N–H and O–H groups in total. The van der Waals surface area contributed by atoms with Crippen molar-refractivity contribution in [2.45, 2.75) is 6.92 Å². The van der Waals surface area contributed by atoms with Gasteiger partial charge in [0.25, 0.3) is 0 Å². The monoisotopic (exact) mass is 270 g/mol.